The van der Waals surface area contributed by atoms with Gasteiger partial charge in [0.05, 0.1) is 6.10 Å². The number of piperidine rings is 1. The molecule has 2 rings (SSSR count). The zero-order valence-corrected chi connectivity index (χ0v) is 10.6. The van der Waals surface area contributed by atoms with E-state index in [4.69, 9.17) is 0 Å². The number of aliphatic hydroxyl groups excluding tert-OH is 1. The van der Waals surface area contributed by atoms with E-state index in [9.17, 15) is 5.11 Å². The normalized spacial score (nSPS) is 42.4. The van der Waals surface area contributed by atoms with Crippen LogP contribution in [-0.2, 0) is 0 Å². The van der Waals surface area contributed by atoms with E-state index in [0.29, 0.717) is 12.0 Å². The molecule has 0 amide bonds. The van der Waals surface area contributed by atoms with Gasteiger partial charge < -0.3 is 10.4 Å². The minimum absolute atomic E-state index is 0.0527. The highest BCUT2D eigenvalue weighted by atomic mass is 16.3. The van der Waals surface area contributed by atoms with Gasteiger partial charge in [-0.2, -0.15) is 0 Å². The molecule has 2 aliphatic rings. The summed E-state index contributed by atoms with van der Waals surface area (Å²) in [5.41, 5.74) is 0. The maximum atomic E-state index is 10.3. The van der Waals surface area contributed by atoms with Gasteiger partial charge in [0.1, 0.15) is 0 Å². The van der Waals surface area contributed by atoms with Gasteiger partial charge in [-0.25, -0.2) is 0 Å². The number of aliphatic hydroxyl groups is 1. The Balaban J connectivity index is 1.92. The monoisotopic (exact) mass is 225 g/mol. The van der Waals surface area contributed by atoms with Crippen molar-refractivity contribution in [2.24, 2.45) is 11.8 Å². The lowest BCUT2D eigenvalue weighted by Gasteiger charge is -2.37. The van der Waals surface area contributed by atoms with Crippen LogP contribution in [0.4, 0.5) is 0 Å². The van der Waals surface area contributed by atoms with E-state index in [-0.39, 0.29) is 6.10 Å². The standard InChI is InChI=1S/C14H27NO/c1-11-8-9-15-13(10-11)12-6-4-2-3-5-7-14(12)16/h11-16H,2-10H2,1H3. The Morgan fingerprint density at radius 2 is 1.75 bits per heavy atom. The summed E-state index contributed by atoms with van der Waals surface area (Å²) in [7, 11) is 0. The van der Waals surface area contributed by atoms with Crippen LogP contribution in [0.3, 0.4) is 0 Å². The smallest absolute Gasteiger partial charge is 0.0583 e. The van der Waals surface area contributed by atoms with Gasteiger partial charge in [-0.3, -0.25) is 0 Å². The summed E-state index contributed by atoms with van der Waals surface area (Å²) in [5.74, 6) is 1.35. The van der Waals surface area contributed by atoms with E-state index in [1.807, 2.05) is 0 Å². The first-order chi connectivity index (χ1) is 7.77. The van der Waals surface area contributed by atoms with E-state index in [1.165, 1.54) is 44.9 Å². The van der Waals surface area contributed by atoms with E-state index in [0.717, 1.165) is 18.9 Å². The average molecular weight is 225 g/mol. The van der Waals surface area contributed by atoms with Crippen LogP contribution in [0.5, 0.6) is 0 Å². The number of hydrogen-bond donors (Lipinski definition) is 2. The second-order valence-electron chi connectivity index (χ2n) is 5.91. The van der Waals surface area contributed by atoms with Crippen molar-refractivity contribution in [3.05, 3.63) is 0 Å². The second kappa shape index (κ2) is 6.02. The molecule has 0 aromatic carbocycles. The molecule has 4 unspecified atom stereocenters. The van der Waals surface area contributed by atoms with Crippen molar-refractivity contribution in [1.29, 1.82) is 0 Å². The van der Waals surface area contributed by atoms with Crippen molar-refractivity contribution >= 4 is 0 Å². The molecule has 1 aliphatic carbocycles. The lowest BCUT2D eigenvalue weighted by Crippen LogP contribution is -2.46. The Bertz CT molecular complexity index is 207. The third-order valence-corrected chi connectivity index (χ3v) is 4.50. The molecule has 0 spiro atoms. The summed E-state index contributed by atoms with van der Waals surface area (Å²) in [4.78, 5) is 0. The highest BCUT2D eigenvalue weighted by Crippen LogP contribution is 2.30. The van der Waals surface area contributed by atoms with Crippen LogP contribution in [0.1, 0.15) is 58.3 Å². The van der Waals surface area contributed by atoms with Crippen molar-refractivity contribution < 1.29 is 5.11 Å². The van der Waals surface area contributed by atoms with Gasteiger partial charge >= 0.3 is 0 Å². The van der Waals surface area contributed by atoms with Crippen molar-refractivity contribution in [2.75, 3.05) is 6.54 Å². The maximum absolute atomic E-state index is 10.3. The van der Waals surface area contributed by atoms with Crippen molar-refractivity contribution in [3.8, 4) is 0 Å². The summed E-state index contributed by atoms with van der Waals surface area (Å²) < 4.78 is 0. The molecule has 1 saturated heterocycles. The molecule has 94 valence electrons. The summed E-state index contributed by atoms with van der Waals surface area (Å²) in [6, 6.07) is 0.580. The van der Waals surface area contributed by atoms with Crippen LogP contribution >= 0.6 is 0 Å². The maximum Gasteiger partial charge on any atom is 0.0583 e. The zero-order valence-electron chi connectivity index (χ0n) is 10.6. The molecule has 16 heavy (non-hydrogen) atoms. The SMILES string of the molecule is CC1CCNC(C2CCCCCCC2O)C1. The lowest BCUT2D eigenvalue weighted by molar-refractivity contribution is 0.0499. The van der Waals surface area contributed by atoms with Gasteiger partial charge in [0, 0.05) is 12.0 Å². The predicted octanol–water partition coefficient (Wildman–Crippen LogP) is 2.71. The molecule has 1 heterocycles. The zero-order chi connectivity index (χ0) is 11.4. The topological polar surface area (TPSA) is 32.3 Å². The van der Waals surface area contributed by atoms with Crippen LogP contribution in [0, 0.1) is 11.8 Å². The molecule has 0 aromatic heterocycles. The van der Waals surface area contributed by atoms with E-state index < -0.39 is 0 Å². The molecule has 4 atom stereocenters. The first-order valence-electron chi connectivity index (χ1n) is 7.19. The van der Waals surface area contributed by atoms with Gasteiger partial charge in [-0.15, -0.1) is 0 Å². The number of hydrogen-bond acceptors (Lipinski definition) is 2. The molecule has 2 fully saturated rings. The molecule has 1 saturated carbocycles. The Hall–Kier alpha value is -0.0800. The quantitative estimate of drug-likeness (QED) is 0.719. The summed E-state index contributed by atoms with van der Waals surface area (Å²) in [6.45, 7) is 3.50. The third kappa shape index (κ3) is 3.21. The molecular weight excluding hydrogens is 198 g/mol. The van der Waals surface area contributed by atoms with Gasteiger partial charge in [-0.1, -0.05) is 32.6 Å². The van der Waals surface area contributed by atoms with E-state index >= 15 is 0 Å². The lowest BCUT2D eigenvalue weighted by atomic mass is 9.78. The fraction of sp³-hybridized carbons (Fsp3) is 1.00. The summed E-state index contributed by atoms with van der Waals surface area (Å²) in [6.07, 6.45) is 9.99. The predicted molar refractivity (Wildman–Crippen MR) is 67.4 cm³/mol. The molecule has 2 nitrogen and oxygen atoms in total. The summed E-state index contributed by atoms with van der Waals surface area (Å²) in [5, 5.41) is 13.9. The molecule has 2 N–H and O–H groups in total. The molecule has 0 aromatic rings. The molecule has 0 radical (unpaired) electrons. The van der Waals surface area contributed by atoms with Gasteiger partial charge in [0.25, 0.3) is 0 Å². The molecular formula is C14H27NO. The fourth-order valence-electron chi connectivity index (χ4n) is 3.44. The van der Waals surface area contributed by atoms with Gasteiger partial charge in [-0.05, 0) is 38.1 Å². The minimum Gasteiger partial charge on any atom is -0.393 e. The first-order valence-corrected chi connectivity index (χ1v) is 7.19. The second-order valence-corrected chi connectivity index (χ2v) is 5.91. The first kappa shape index (κ1) is 12.4. The highest BCUT2D eigenvalue weighted by molar-refractivity contribution is 4.87. The Morgan fingerprint density at radius 3 is 2.50 bits per heavy atom. The number of nitrogens with one attached hydrogen (secondary N) is 1. The molecule has 2 heteroatoms. The Morgan fingerprint density at radius 1 is 1.00 bits per heavy atom. The van der Waals surface area contributed by atoms with Crippen molar-refractivity contribution in [2.45, 2.75) is 70.4 Å². The number of rotatable bonds is 1. The van der Waals surface area contributed by atoms with E-state index in [2.05, 4.69) is 12.2 Å². The highest BCUT2D eigenvalue weighted by Gasteiger charge is 2.31. The molecule has 0 bridgehead atoms. The van der Waals surface area contributed by atoms with Gasteiger partial charge in [0.2, 0.25) is 0 Å². The van der Waals surface area contributed by atoms with Crippen LogP contribution < -0.4 is 5.32 Å². The Kier molecular flexibility index (Phi) is 4.66. The summed E-state index contributed by atoms with van der Waals surface area (Å²) >= 11 is 0. The van der Waals surface area contributed by atoms with Gasteiger partial charge in [0.15, 0.2) is 0 Å². The van der Waals surface area contributed by atoms with E-state index in [1.54, 1.807) is 0 Å². The van der Waals surface area contributed by atoms with Crippen LogP contribution in [-0.4, -0.2) is 23.8 Å². The minimum atomic E-state index is -0.0527. The fourth-order valence-corrected chi connectivity index (χ4v) is 3.44. The van der Waals surface area contributed by atoms with Crippen LogP contribution in [0.15, 0.2) is 0 Å². The van der Waals surface area contributed by atoms with Crippen molar-refractivity contribution in [1.82, 2.24) is 5.32 Å². The molecule has 1 aliphatic heterocycles. The third-order valence-electron chi connectivity index (χ3n) is 4.50. The Labute approximate surface area is 99.8 Å². The largest absolute Gasteiger partial charge is 0.393 e. The van der Waals surface area contributed by atoms with Crippen molar-refractivity contribution in [3.63, 3.8) is 0 Å². The average Bonchev–Trinajstić information content (AvgIpc) is 2.24. The van der Waals surface area contributed by atoms with Crippen LogP contribution in [0.25, 0.3) is 0 Å². The van der Waals surface area contributed by atoms with Crippen LogP contribution in [0.2, 0.25) is 0 Å².